The van der Waals surface area contributed by atoms with E-state index in [0.29, 0.717) is 26.4 Å². The number of hydrogen-bond acceptors (Lipinski definition) is 11. The molecule has 0 saturated carbocycles. The molecule has 0 atom stereocenters. The van der Waals surface area contributed by atoms with E-state index < -0.39 is 0 Å². The molecule has 0 N–H and O–H groups in total. The minimum absolute atomic E-state index is 0.508. The Labute approximate surface area is 200 Å². The highest BCUT2D eigenvalue weighted by molar-refractivity contribution is 7.15. The van der Waals surface area contributed by atoms with Crippen LogP contribution in [0.1, 0.15) is 11.4 Å². The van der Waals surface area contributed by atoms with Crippen molar-refractivity contribution < 1.29 is 18.9 Å². The predicted octanol–water partition coefficient (Wildman–Crippen LogP) is 5.25. The number of aryl methyl sites for hydroxylation is 2. The third kappa shape index (κ3) is 2.79. The lowest BCUT2D eigenvalue weighted by atomic mass is 10.0. The van der Waals surface area contributed by atoms with Crippen LogP contribution in [0.25, 0.3) is 42.9 Å². The normalized spacial score (nSPS) is 14.8. The van der Waals surface area contributed by atoms with Crippen LogP contribution in [0, 0.1) is 13.8 Å². The van der Waals surface area contributed by atoms with Crippen molar-refractivity contribution in [1.29, 1.82) is 0 Å². The van der Waals surface area contributed by atoms with Gasteiger partial charge >= 0.3 is 0 Å². The van der Waals surface area contributed by atoms with Crippen molar-refractivity contribution >= 4 is 56.5 Å². The fourth-order valence-electron chi connectivity index (χ4n) is 4.19. The molecule has 1 aromatic carbocycles. The summed E-state index contributed by atoms with van der Waals surface area (Å²) in [4.78, 5) is 11.9. The molecule has 4 aromatic heterocycles. The molecule has 0 amide bonds. The van der Waals surface area contributed by atoms with E-state index in [2.05, 4.69) is 0 Å². The van der Waals surface area contributed by atoms with Crippen LogP contribution in [0.5, 0.6) is 23.0 Å². The molecule has 0 fully saturated rings. The van der Waals surface area contributed by atoms with Gasteiger partial charge < -0.3 is 18.9 Å². The summed E-state index contributed by atoms with van der Waals surface area (Å²) in [5, 5.41) is 3.95. The summed E-state index contributed by atoms with van der Waals surface area (Å²) >= 11 is 4.31. The zero-order chi connectivity index (χ0) is 22.1. The average molecular weight is 497 g/mol. The molecule has 0 bridgehead atoms. The molecule has 0 radical (unpaired) electrons. The Morgan fingerprint density at radius 2 is 1.09 bits per heavy atom. The Balaban J connectivity index is 1.62. The minimum atomic E-state index is 0.508. The number of nitrogens with zero attached hydrogens (tertiary/aromatic N) is 4. The predicted molar refractivity (Wildman–Crippen MR) is 129 cm³/mol. The maximum atomic E-state index is 6.01. The smallest absolute Gasteiger partial charge is 0.180 e. The van der Waals surface area contributed by atoms with Crippen LogP contribution in [0.15, 0.2) is 10.8 Å². The summed E-state index contributed by atoms with van der Waals surface area (Å²) in [5.41, 5.74) is 6.59. The standard InChI is InChI=1S/C22H16N4O4S3/c1-9-10(2)24-16-14(22-20-12(8-32-22)28-4-6-30-20)18-17(25-33-26-18)13(15(16)23-9)21-19-11(7-31-21)27-3-5-29-19/h7-8H,3-6H2,1-2H3. The molecule has 0 saturated heterocycles. The van der Waals surface area contributed by atoms with E-state index >= 15 is 0 Å². The van der Waals surface area contributed by atoms with Crippen LogP contribution in [0.3, 0.4) is 0 Å². The van der Waals surface area contributed by atoms with Crippen LogP contribution in [-0.4, -0.2) is 45.1 Å². The molecule has 8 nitrogen and oxygen atoms in total. The lowest BCUT2D eigenvalue weighted by molar-refractivity contribution is 0.174. The maximum absolute atomic E-state index is 6.01. The molecule has 0 spiro atoms. The molecule has 5 aromatic rings. The number of aromatic nitrogens is 4. The Hall–Kier alpha value is -3.02. The van der Waals surface area contributed by atoms with Crippen molar-refractivity contribution in [2.45, 2.75) is 13.8 Å². The van der Waals surface area contributed by atoms with Crippen LogP contribution in [0.2, 0.25) is 0 Å². The van der Waals surface area contributed by atoms with Crippen molar-refractivity contribution in [3.8, 4) is 43.9 Å². The highest BCUT2D eigenvalue weighted by Gasteiger charge is 2.31. The van der Waals surface area contributed by atoms with Gasteiger partial charge in [0.05, 0.1) is 44.0 Å². The molecule has 2 aliphatic rings. The van der Waals surface area contributed by atoms with E-state index in [1.807, 2.05) is 24.6 Å². The Morgan fingerprint density at radius 1 is 0.636 bits per heavy atom. The Kier molecular flexibility index (Phi) is 4.27. The van der Waals surface area contributed by atoms with Crippen LogP contribution >= 0.6 is 34.4 Å². The van der Waals surface area contributed by atoms with Gasteiger partial charge in [-0.05, 0) is 13.8 Å². The number of fused-ring (bicyclic) bond motifs is 4. The van der Waals surface area contributed by atoms with E-state index in [0.717, 1.165) is 77.3 Å². The van der Waals surface area contributed by atoms with E-state index in [4.69, 9.17) is 37.7 Å². The summed E-state index contributed by atoms with van der Waals surface area (Å²) in [6.45, 7) is 6.05. The lowest BCUT2D eigenvalue weighted by Crippen LogP contribution is -2.14. The lowest BCUT2D eigenvalue weighted by Gasteiger charge is -2.18. The fourth-order valence-corrected chi connectivity index (χ4v) is 6.71. The molecular formula is C22H16N4O4S3. The van der Waals surface area contributed by atoms with Gasteiger partial charge in [-0.2, -0.15) is 8.75 Å². The molecule has 33 heavy (non-hydrogen) atoms. The molecule has 11 heteroatoms. The molecule has 166 valence electrons. The Morgan fingerprint density at radius 3 is 1.58 bits per heavy atom. The van der Waals surface area contributed by atoms with Crippen LogP contribution < -0.4 is 18.9 Å². The molecule has 0 aliphatic carbocycles. The second-order valence-electron chi connectivity index (χ2n) is 7.71. The highest BCUT2D eigenvalue weighted by Crippen LogP contribution is 2.53. The summed E-state index contributed by atoms with van der Waals surface area (Å²) in [6.07, 6.45) is 0. The quantitative estimate of drug-likeness (QED) is 0.327. The third-order valence-corrected chi connectivity index (χ3v) is 8.24. The number of ether oxygens (including phenoxy) is 4. The maximum Gasteiger partial charge on any atom is 0.180 e. The highest BCUT2D eigenvalue weighted by atomic mass is 32.1. The fraction of sp³-hybridized carbons (Fsp3) is 0.273. The molecule has 2 aliphatic heterocycles. The first-order chi connectivity index (χ1) is 16.2. The second-order valence-corrected chi connectivity index (χ2v) is 10.0. The van der Waals surface area contributed by atoms with Gasteiger partial charge in [0.15, 0.2) is 23.0 Å². The van der Waals surface area contributed by atoms with Gasteiger partial charge in [0, 0.05) is 10.8 Å². The van der Waals surface area contributed by atoms with E-state index in [-0.39, 0.29) is 0 Å². The molecule has 0 unspecified atom stereocenters. The van der Waals surface area contributed by atoms with Crippen LogP contribution in [-0.2, 0) is 0 Å². The first kappa shape index (κ1) is 19.4. The monoisotopic (exact) mass is 496 g/mol. The average Bonchev–Trinajstić information content (AvgIpc) is 3.57. The van der Waals surface area contributed by atoms with Crippen molar-refractivity contribution in [3.05, 3.63) is 22.1 Å². The van der Waals surface area contributed by atoms with E-state index in [1.54, 1.807) is 22.7 Å². The SMILES string of the molecule is Cc1nc2c(-c3scc4c3OCCO4)c3nsnc3c(-c3scc4c3OCCO4)c2nc1C. The first-order valence-electron chi connectivity index (χ1n) is 10.4. The first-order valence-corrected chi connectivity index (χ1v) is 12.9. The largest absolute Gasteiger partial charge is 0.485 e. The molecular weight excluding hydrogens is 480 g/mol. The van der Waals surface area contributed by atoms with Crippen molar-refractivity contribution in [1.82, 2.24) is 18.7 Å². The van der Waals surface area contributed by atoms with Gasteiger partial charge in [-0.15, -0.1) is 22.7 Å². The second kappa shape index (κ2) is 7.24. The Bertz CT molecular complexity index is 1460. The van der Waals surface area contributed by atoms with E-state index in [1.165, 1.54) is 11.7 Å². The zero-order valence-corrected chi connectivity index (χ0v) is 20.1. The van der Waals surface area contributed by atoms with Gasteiger partial charge in [0.2, 0.25) is 0 Å². The summed E-state index contributed by atoms with van der Waals surface area (Å²) in [6, 6.07) is 0. The topological polar surface area (TPSA) is 88.5 Å². The van der Waals surface area contributed by atoms with E-state index in [9.17, 15) is 0 Å². The summed E-state index contributed by atoms with van der Waals surface area (Å²) in [7, 11) is 0. The summed E-state index contributed by atoms with van der Waals surface area (Å²) < 4.78 is 33.1. The van der Waals surface area contributed by atoms with Gasteiger partial charge in [-0.3, -0.25) is 0 Å². The van der Waals surface area contributed by atoms with Gasteiger partial charge in [0.1, 0.15) is 48.5 Å². The van der Waals surface area contributed by atoms with Crippen LogP contribution in [0.4, 0.5) is 0 Å². The minimum Gasteiger partial charge on any atom is -0.485 e. The number of thiophene rings is 2. The van der Waals surface area contributed by atoms with Gasteiger partial charge in [0.25, 0.3) is 0 Å². The molecule has 6 heterocycles. The number of hydrogen-bond donors (Lipinski definition) is 0. The van der Waals surface area contributed by atoms with Crippen molar-refractivity contribution in [2.75, 3.05) is 26.4 Å². The van der Waals surface area contributed by atoms with Crippen molar-refractivity contribution in [2.24, 2.45) is 0 Å². The number of benzene rings is 1. The van der Waals surface area contributed by atoms with Gasteiger partial charge in [-0.1, -0.05) is 0 Å². The third-order valence-electron chi connectivity index (χ3n) is 5.80. The number of rotatable bonds is 2. The van der Waals surface area contributed by atoms with Crippen molar-refractivity contribution in [3.63, 3.8) is 0 Å². The van der Waals surface area contributed by atoms with Gasteiger partial charge in [-0.25, -0.2) is 9.97 Å². The summed E-state index contributed by atoms with van der Waals surface area (Å²) in [5.74, 6) is 2.98. The molecule has 7 rings (SSSR count). The zero-order valence-electron chi connectivity index (χ0n) is 17.6.